The minimum atomic E-state index is 0.265. The highest BCUT2D eigenvalue weighted by Gasteiger charge is 2.23. The second-order valence-electron chi connectivity index (χ2n) is 9.48. The highest BCUT2D eigenvalue weighted by molar-refractivity contribution is 7.80. The first-order chi connectivity index (χ1) is 19.4. The number of aromatic nitrogens is 2. The minimum Gasteiger partial charge on any atom is -0.497 e. The molecule has 2 aliphatic rings. The zero-order chi connectivity index (χ0) is 28.1. The molecular formula is C28H33N7O4S. The molecule has 1 fully saturated rings. The maximum Gasteiger partial charge on any atom is 0.231 e. The molecule has 0 atom stereocenters. The minimum absolute atomic E-state index is 0.265. The van der Waals surface area contributed by atoms with Crippen LogP contribution in [0.25, 0.3) is 0 Å². The van der Waals surface area contributed by atoms with Gasteiger partial charge in [0.25, 0.3) is 0 Å². The van der Waals surface area contributed by atoms with E-state index in [-0.39, 0.29) is 11.9 Å². The molecule has 2 N–H and O–H groups in total. The Bertz CT molecular complexity index is 1390. The quantitative estimate of drug-likeness (QED) is 0.260. The molecule has 0 spiro atoms. The standard InChI is InChI=1S/C28H33N7O4S/c1-18-13-19(2)30-26(29-18)32-27(33-28(40)31-22-15-21(36-3)6-8-23(22)37-4)35-11-9-34(10-12-35)16-20-5-7-24-25(14-20)39-17-38-24/h5-8,13-15H,9-12,16-17H2,1-4H3,(H2,29,30,31,32,33,40). The predicted molar refractivity (Wildman–Crippen MR) is 158 cm³/mol. The number of guanidine groups is 1. The van der Waals surface area contributed by atoms with Gasteiger partial charge in [-0.15, -0.1) is 0 Å². The van der Waals surface area contributed by atoms with Gasteiger partial charge in [-0.25, -0.2) is 9.97 Å². The predicted octanol–water partition coefficient (Wildman–Crippen LogP) is 3.82. The largest absolute Gasteiger partial charge is 0.497 e. The van der Waals surface area contributed by atoms with Gasteiger partial charge < -0.3 is 29.2 Å². The molecule has 0 saturated carbocycles. The summed E-state index contributed by atoms with van der Waals surface area (Å²) in [6, 6.07) is 13.5. The van der Waals surface area contributed by atoms with Crippen molar-refractivity contribution in [2.75, 3.05) is 57.8 Å². The van der Waals surface area contributed by atoms with Crippen LogP contribution in [-0.4, -0.2) is 78.0 Å². The van der Waals surface area contributed by atoms with Crippen LogP contribution in [0.5, 0.6) is 23.0 Å². The van der Waals surface area contributed by atoms with E-state index in [0.29, 0.717) is 29.1 Å². The van der Waals surface area contributed by atoms with Crippen molar-refractivity contribution < 1.29 is 18.9 Å². The molecule has 3 heterocycles. The number of nitrogens with one attached hydrogen (secondary N) is 2. The Balaban J connectivity index is 1.31. The van der Waals surface area contributed by atoms with E-state index in [1.54, 1.807) is 14.2 Å². The van der Waals surface area contributed by atoms with E-state index in [4.69, 9.17) is 36.2 Å². The number of anilines is 2. The first kappa shape index (κ1) is 27.4. The summed E-state index contributed by atoms with van der Waals surface area (Å²) < 4.78 is 21.8. The van der Waals surface area contributed by atoms with Gasteiger partial charge in [0.05, 0.1) is 19.9 Å². The summed E-state index contributed by atoms with van der Waals surface area (Å²) in [5, 5.41) is 6.75. The SMILES string of the molecule is COc1ccc(OC)c(NC(=S)/N=C(\Nc2nc(C)cc(C)n2)N2CCN(Cc3ccc4c(c3)OCO4)CC2)c1. The summed E-state index contributed by atoms with van der Waals surface area (Å²) in [4.78, 5) is 18.4. The van der Waals surface area contributed by atoms with E-state index < -0.39 is 0 Å². The van der Waals surface area contributed by atoms with E-state index in [1.807, 2.05) is 44.2 Å². The number of thiocarbonyl (C=S) groups is 1. The van der Waals surface area contributed by atoms with Gasteiger partial charge in [-0.3, -0.25) is 10.2 Å². The van der Waals surface area contributed by atoms with Crippen LogP contribution in [0.4, 0.5) is 11.6 Å². The van der Waals surface area contributed by atoms with Gasteiger partial charge in [0.15, 0.2) is 11.5 Å². The number of ether oxygens (including phenoxy) is 4. The summed E-state index contributed by atoms with van der Waals surface area (Å²) in [5.74, 6) is 3.95. The van der Waals surface area contributed by atoms with Crippen molar-refractivity contribution in [1.82, 2.24) is 19.8 Å². The number of piperazine rings is 1. The summed E-state index contributed by atoms with van der Waals surface area (Å²) in [6.45, 7) is 8.13. The Morgan fingerprint density at radius 2 is 1.68 bits per heavy atom. The van der Waals surface area contributed by atoms with Gasteiger partial charge in [0, 0.05) is 50.2 Å². The molecule has 0 unspecified atom stereocenters. The van der Waals surface area contributed by atoms with Gasteiger partial charge in [-0.1, -0.05) is 6.07 Å². The third kappa shape index (κ3) is 6.69. The number of aryl methyl sites for hydroxylation is 2. The van der Waals surface area contributed by atoms with Gasteiger partial charge in [-0.2, -0.15) is 4.99 Å². The van der Waals surface area contributed by atoms with Crippen molar-refractivity contribution >= 4 is 34.9 Å². The van der Waals surface area contributed by atoms with E-state index in [1.165, 1.54) is 5.56 Å². The molecule has 11 nitrogen and oxygen atoms in total. The van der Waals surface area contributed by atoms with E-state index in [0.717, 1.165) is 55.6 Å². The summed E-state index contributed by atoms with van der Waals surface area (Å²) in [7, 11) is 3.22. The number of fused-ring (bicyclic) bond motifs is 1. The Morgan fingerprint density at radius 3 is 2.40 bits per heavy atom. The molecule has 3 aromatic rings. The lowest BCUT2D eigenvalue weighted by Gasteiger charge is -2.36. The average molecular weight is 564 g/mol. The van der Waals surface area contributed by atoms with Crippen LogP contribution < -0.4 is 29.6 Å². The van der Waals surface area contributed by atoms with Crippen LogP contribution in [0.15, 0.2) is 47.5 Å². The van der Waals surface area contributed by atoms with Crippen molar-refractivity contribution in [3.8, 4) is 23.0 Å². The first-order valence-electron chi connectivity index (χ1n) is 13.0. The van der Waals surface area contributed by atoms with Gasteiger partial charge >= 0.3 is 0 Å². The van der Waals surface area contributed by atoms with Crippen LogP contribution in [0.2, 0.25) is 0 Å². The van der Waals surface area contributed by atoms with Gasteiger partial charge in [-0.05, 0) is 62.0 Å². The average Bonchev–Trinajstić information content (AvgIpc) is 3.40. The molecule has 40 heavy (non-hydrogen) atoms. The number of aliphatic imine (C=N–C) groups is 1. The zero-order valence-electron chi connectivity index (χ0n) is 23.1. The molecule has 0 aliphatic carbocycles. The molecule has 210 valence electrons. The maximum atomic E-state index is 5.65. The molecule has 2 aliphatic heterocycles. The number of benzene rings is 2. The van der Waals surface area contributed by atoms with Gasteiger partial charge in [0.2, 0.25) is 23.8 Å². The lowest BCUT2D eigenvalue weighted by molar-refractivity contribution is 0.172. The van der Waals surface area contributed by atoms with E-state index >= 15 is 0 Å². The molecule has 5 rings (SSSR count). The smallest absolute Gasteiger partial charge is 0.231 e. The maximum absolute atomic E-state index is 5.65. The fourth-order valence-electron chi connectivity index (χ4n) is 4.63. The monoisotopic (exact) mass is 563 g/mol. The van der Waals surface area contributed by atoms with Crippen LogP contribution >= 0.6 is 12.2 Å². The number of hydrogen-bond donors (Lipinski definition) is 2. The highest BCUT2D eigenvalue weighted by Crippen LogP contribution is 2.33. The highest BCUT2D eigenvalue weighted by atomic mass is 32.1. The fraction of sp³-hybridized carbons (Fsp3) is 0.357. The number of nitrogens with zero attached hydrogens (tertiary/aromatic N) is 5. The number of rotatable bonds is 6. The summed E-state index contributed by atoms with van der Waals surface area (Å²) >= 11 is 5.65. The van der Waals surface area contributed by atoms with Crippen LogP contribution in [0.3, 0.4) is 0 Å². The Hall–Kier alpha value is -4.16. The Kier molecular flexibility index (Phi) is 8.46. The molecule has 0 bridgehead atoms. The molecule has 12 heteroatoms. The summed E-state index contributed by atoms with van der Waals surface area (Å²) in [6.07, 6.45) is 0. The van der Waals surface area contributed by atoms with Crippen LogP contribution in [-0.2, 0) is 6.54 Å². The Labute approximate surface area is 239 Å². The van der Waals surface area contributed by atoms with Crippen molar-refractivity contribution in [2.24, 2.45) is 4.99 Å². The second kappa shape index (κ2) is 12.3. The number of hydrogen-bond acceptors (Lipinski definition) is 8. The molecule has 1 saturated heterocycles. The van der Waals surface area contributed by atoms with Crippen molar-refractivity contribution in [1.29, 1.82) is 0 Å². The fourth-order valence-corrected chi connectivity index (χ4v) is 4.82. The van der Waals surface area contributed by atoms with E-state index in [9.17, 15) is 0 Å². The lowest BCUT2D eigenvalue weighted by atomic mass is 10.1. The van der Waals surface area contributed by atoms with E-state index in [2.05, 4.69) is 42.5 Å². The third-order valence-electron chi connectivity index (χ3n) is 6.58. The van der Waals surface area contributed by atoms with Crippen molar-refractivity contribution in [3.63, 3.8) is 0 Å². The van der Waals surface area contributed by atoms with Crippen molar-refractivity contribution in [2.45, 2.75) is 20.4 Å². The topological polar surface area (TPSA) is 106 Å². The Morgan fingerprint density at radius 1 is 0.925 bits per heavy atom. The molecule has 0 radical (unpaired) electrons. The van der Waals surface area contributed by atoms with Gasteiger partial charge in [0.1, 0.15) is 11.5 Å². The molecule has 0 amide bonds. The molecular weight excluding hydrogens is 530 g/mol. The summed E-state index contributed by atoms with van der Waals surface area (Å²) in [5.41, 5.74) is 3.58. The normalized spacial score (nSPS) is 15.1. The molecule has 1 aromatic heterocycles. The third-order valence-corrected chi connectivity index (χ3v) is 6.77. The second-order valence-corrected chi connectivity index (χ2v) is 9.87. The first-order valence-corrected chi connectivity index (χ1v) is 13.4. The lowest BCUT2D eigenvalue weighted by Crippen LogP contribution is -2.50. The zero-order valence-corrected chi connectivity index (χ0v) is 23.9. The van der Waals surface area contributed by atoms with Crippen LogP contribution in [0, 0.1) is 13.8 Å². The van der Waals surface area contributed by atoms with Crippen LogP contribution in [0.1, 0.15) is 17.0 Å². The van der Waals surface area contributed by atoms with Crippen molar-refractivity contribution in [3.05, 3.63) is 59.4 Å². The molecule has 2 aromatic carbocycles. The number of methoxy groups -OCH3 is 2.